The molecule has 0 radical (unpaired) electrons. The number of hydrogen-bond acceptors (Lipinski definition) is 2. The van der Waals surface area contributed by atoms with Gasteiger partial charge in [0.15, 0.2) is 0 Å². The van der Waals surface area contributed by atoms with Gasteiger partial charge in [0.05, 0.1) is 0 Å². The Balaban J connectivity index is 1.79. The molecule has 0 bridgehead atoms. The first-order valence-electron chi connectivity index (χ1n) is 6.79. The zero-order valence-corrected chi connectivity index (χ0v) is 10.4. The van der Waals surface area contributed by atoms with Gasteiger partial charge >= 0.3 is 0 Å². The van der Waals surface area contributed by atoms with Gasteiger partial charge in [0, 0.05) is 25.2 Å². The number of rotatable bonds is 4. The van der Waals surface area contributed by atoms with Crippen molar-refractivity contribution in [3.63, 3.8) is 0 Å². The van der Waals surface area contributed by atoms with Gasteiger partial charge < -0.3 is 0 Å². The number of nitrogens with zero attached hydrogens (tertiary/aromatic N) is 2. The fraction of sp³-hybridized carbons (Fsp3) is 1.00. The summed E-state index contributed by atoms with van der Waals surface area (Å²) < 4.78 is 0. The topological polar surface area (TPSA) is 6.48 Å². The third kappa shape index (κ3) is 2.73. The van der Waals surface area contributed by atoms with E-state index in [1.54, 1.807) is 0 Å². The minimum Gasteiger partial charge on any atom is -0.298 e. The molecule has 2 nitrogen and oxygen atoms in total. The van der Waals surface area contributed by atoms with E-state index in [-0.39, 0.29) is 0 Å². The molecule has 0 aromatic heterocycles. The average molecular weight is 210 g/mol. The zero-order chi connectivity index (χ0) is 10.7. The maximum atomic E-state index is 2.72. The molecular weight excluding hydrogens is 184 g/mol. The van der Waals surface area contributed by atoms with Crippen molar-refractivity contribution < 1.29 is 0 Å². The molecule has 2 fully saturated rings. The Kier molecular flexibility index (Phi) is 4.04. The van der Waals surface area contributed by atoms with Gasteiger partial charge in [-0.05, 0) is 39.3 Å². The lowest BCUT2D eigenvalue weighted by Gasteiger charge is -2.42. The molecule has 2 heterocycles. The second kappa shape index (κ2) is 5.31. The summed E-state index contributed by atoms with van der Waals surface area (Å²) in [5.74, 6) is 0. The standard InChI is InChI=1S/C13H26N2/c1-3-4-5-8-14-11-13-7-6-9-15(13)10-12(14)2/h12-13H,3-11H2,1-2H3. The Bertz CT molecular complexity index is 193. The third-order valence-corrected chi connectivity index (χ3v) is 4.12. The average Bonchev–Trinajstić information content (AvgIpc) is 2.65. The Morgan fingerprint density at radius 1 is 1.20 bits per heavy atom. The normalized spacial score (nSPS) is 33.2. The molecule has 2 heteroatoms. The van der Waals surface area contributed by atoms with Crippen LogP contribution in [-0.2, 0) is 0 Å². The summed E-state index contributed by atoms with van der Waals surface area (Å²) in [5.41, 5.74) is 0. The van der Waals surface area contributed by atoms with Gasteiger partial charge in [0.1, 0.15) is 0 Å². The van der Waals surface area contributed by atoms with Gasteiger partial charge in [-0.2, -0.15) is 0 Å². The molecule has 0 spiro atoms. The fourth-order valence-electron chi connectivity index (χ4n) is 3.12. The summed E-state index contributed by atoms with van der Waals surface area (Å²) in [6.07, 6.45) is 7.01. The van der Waals surface area contributed by atoms with Crippen molar-refractivity contribution in [2.45, 2.75) is 58.0 Å². The van der Waals surface area contributed by atoms with Crippen LogP contribution in [0.1, 0.15) is 46.0 Å². The molecule has 88 valence electrons. The molecule has 0 amide bonds. The van der Waals surface area contributed by atoms with Gasteiger partial charge in [-0.3, -0.25) is 9.80 Å². The van der Waals surface area contributed by atoms with Crippen molar-refractivity contribution in [3.05, 3.63) is 0 Å². The van der Waals surface area contributed by atoms with Crippen molar-refractivity contribution in [1.29, 1.82) is 0 Å². The Labute approximate surface area is 94.6 Å². The smallest absolute Gasteiger partial charge is 0.0224 e. The van der Waals surface area contributed by atoms with Crippen LogP contribution in [0, 0.1) is 0 Å². The van der Waals surface area contributed by atoms with Gasteiger partial charge in [-0.1, -0.05) is 19.8 Å². The quantitative estimate of drug-likeness (QED) is 0.657. The van der Waals surface area contributed by atoms with Crippen LogP contribution in [0.5, 0.6) is 0 Å². The van der Waals surface area contributed by atoms with Crippen LogP contribution in [0.15, 0.2) is 0 Å². The minimum absolute atomic E-state index is 0.788. The number of piperazine rings is 1. The minimum atomic E-state index is 0.788. The van der Waals surface area contributed by atoms with E-state index in [1.807, 2.05) is 0 Å². The predicted molar refractivity (Wildman–Crippen MR) is 65.2 cm³/mol. The Morgan fingerprint density at radius 2 is 2.07 bits per heavy atom. The van der Waals surface area contributed by atoms with Crippen molar-refractivity contribution in [2.24, 2.45) is 0 Å². The van der Waals surface area contributed by atoms with Crippen LogP contribution >= 0.6 is 0 Å². The molecule has 15 heavy (non-hydrogen) atoms. The number of fused-ring (bicyclic) bond motifs is 1. The van der Waals surface area contributed by atoms with E-state index in [0.717, 1.165) is 12.1 Å². The molecule has 0 N–H and O–H groups in total. The first-order valence-corrected chi connectivity index (χ1v) is 6.79. The highest BCUT2D eigenvalue weighted by atomic mass is 15.3. The van der Waals surface area contributed by atoms with Crippen molar-refractivity contribution in [2.75, 3.05) is 26.2 Å². The van der Waals surface area contributed by atoms with Crippen molar-refractivity contribution in [1.82, 2.24) is 9.80 Å². The second-order valence-corrected chi connectivity index (χ2v) is 5.34. The highest BCUT2D eigenvalue weighted by Crippen LogP contribution is 2.24. The summed E-state index contributed by atoms with van der Waals surface area (Å²) >= 11 is 0. The lowest BCUT2D eigenvalue weighted by Crippen LogP contribution is -2.54. The van der Waals surface area contributed by atoms with Crippen LogP contribution in [0.3, 0.4) is 0 Å². The third-order valence-electron chi connectivity index (χ3n) is 4.12. The van der Waals surface area contributed by atoms with Crippen LogP contribution in [-0.4, -0.2) is 48.1 Å². The zero-order valence-electron chi connectivity index (χ0n) is 10.4. The summed E-state index contributed by atoms with van der Waals surface area (Å²) in [4.78, 5) is 5.43. The summed E-state index contributed by atoms with van der Waals surface area (Å²) in [5, 5.41) is 0. The first kappa shape index (κ1) is 11.4. The highest BCUT2D eigenvalue weighted by molar-refractivity contribution is 4.90. The largest absolute Gasteiger partial charge is 0.298 e. The fourth-order valence-corrected chi connectivity index (χ4v) is 3.12. The van der Waals surface area contributed by atoms with Crippen LogP contribution in [0.25, 0.3) is 0 Å². The van der Waals surface area contributed by atoms with E-state index in [4.69, 9.17) is 0 Å². The lowest BCUT2D eigenvalue weighted by molar-refractivity contribution is 0.0584. The highest BCUT2D eigenvalue weighted by Gasteiger charge is 2.33. The van der Waals surface area contributed by atoms with E-state index in [2.05, 4.69) is 23.6 Å². The predicted octanol–water partition coefficient (Wildman–Crippen LogP) is 2.35. The van der Waals surface area contributed by atoms with Crippen molar-refractivity contribution >= 4 is 0 Å². The van der Waals surface area contributed by atoms with E-state index in [9.17, 15) is 0 Å². The number of unbranched alkanes of at least 4 members (excludes halogenated alkanes) is 2. The monoisotopic (exact) mass is 210 g/mol. The van der Waals surface area contributed by atoms with E-state index in [1.165, 1.54) is 58.3 Å². The molecule has 0 aliphatic carbocycles. The molecule has 2 aliphatic rings. The summed E-state index contributed by atoms with van der Waals surface area (Å²) in [6.45, 7) is 10.0. The SMILES string of the molecule is CCCCCN1CC2CCCN2CC1C. The molecule has 2 aliphatic heterocycles. The van der Waals surface area contributed by atoms with Crippen molar-refractivity contribution in [3.8, 4) is 0 Å². The maximum absolute atomic E-state index is 2.72. The number of hydrogen-bond donors (Lipinski definition) is 0. The van der Waals surface area contributed by atoms with E-state index >= 15 is 0 Å². The molecule has 0 saturated carbocycles. The van der Waals surface area contributed by atoms with Crippen LogP contribution in [0.4, 0.5) is 0 Å². The van der Waals surface area contributed by atoms with E-state index in [0.29, 0.717) is 0 Å². The van der Waals surface area contributed by atoms with E-state index < -0.39 is 0 Å². The summed E-state index contributed by atoms with van der Waals surface area (Å²) in [7, 11) is 0. The molecule has 2 atom stereocenters. The van der Waals surface area contributed by atoms with Crippen LogP contribution < -0.4 is 0 Å². The van der Waals surface area contributed by atoms with Gasteiger partial charge in [0.25, 0.3) is 0 Å². The first-order chi connectivity index (χ1) is 7.31. The second-order valence-electron chi connectivity index (χ2n) is 5.34. The molecule has 0 aromatic carbocycles. The van der Waals surface area contributed by atoms with Gasteiger partial charge in [-0.15, -0.1) is 0 Å². The summed E-state index contributed by atoms with van der Waals surface area (Å²) in [6, 6.07) is 1.68. The van der Waals surface area contributed by atoms with Gasteiger partial charge in [0.2, 0.25) is 0 Å². The molecule has 2 unspecified atom stereocenters. The molecular formula is C13H26N2. The maximum Gasteiger partial charge on any atom is 0.0224 e. The van der Waals surface area contributed by atoms with Gasteiger partial charge in [-0.25, -0.2) is 0 Å². The van der Waals surface area contributed by atoms with Crippen LogP contribution in [0.2, 0.25) is 0 Å². The molecule has 0 aromatic rings. The molecule has 2 saturated heterocycles. The lowest BCUT2D eigenvalue weighted by atomic mass is 10.1. The molecule has 2 rings (SSSR count). The Hall–Kier alpha value is -0.0800. The Morgan fingerprint density at radius 3 is 2.87 bits per heavy atom.